The van der Waals surface area contributed by atoms with Crippen LogP contribution >= 0.6 is 23.4 Å². The smallest absolute Gasteiger partial charge is 0.317 e. The summed E-state index contributed by atoms with van der Waals surface area (Å²) >= 11 is 8.16. The number of halogens is 1. The van der Waals surface area contributed by atoms with Crippen molar-refractivity contribution in [1.29, 1.82) is 5.26 Å². The van der Waals surface area contributed by atoms with Crippen LogP contribution in [-0.2, 0) is 21.5 Å². The van der Waals surface area contributed by atoms with E-state index in [-0.39, 0.29) is 16.7 Å². The zero-order valence-corrected chi connectivity index (χ0v) is 21.7. The summed E-state index contributed by atoms with van der Waals surface area (Å²) in [4.78, 5) is 13.1. The summed E-state index contributed by atoms with van der Waals surface area (Å²) in [6, 6.07) is 10.0. The molecule has 7 heteroatoms. The van der Waals surface area contributed by atoms with Gasteiger partial charge in [0, 0.05) is 12.3 Å². The molecule has 1 aromatic heterocycles. The molecule has 0 aliphatic rings. The van der Waals surface area contributed by atoms with Crippen LogP contribution in [-0.4, -0.2) is 27.8 Å². The highest BCUT2D eigenvalue weighted by molar-refractivity contribution is 7.98. The topological polar surface area (TPSA) is 67.9 Å². The van der Waals surface area contributed by atoms with Crippen molar-refractivity contribution in [1.82, 2.24) is 9.78 Å². The number of aromatic nitrogens is 2. The van der Waals surface area contributed by atoms with Crippen molar-refractivity contribution in [3.63, 3.8) is 0 Å². The lowest BCUT2D eigenvalue weighted by molar-refractivity contribution is -0.145. The van der Waals surface area contributed by atoms with Gasteiger partial charge in [-0.1, -0.05) is 56.6 Å². The summed E-state index contributed by atoms with van der Waals surface area (Å²) in [5.41, 5.74) is 2.34. The molecular formula is C25H32ClN3O2S. The van der Waals surface area contributed by atoms with Crippen LogP contribution in [0.1, 0.15) is 64.1 Å². The highest BCUT2D eigenvalue weighted by Crippen LogP contribution is 2.36. The number of allylic oxidation sites excluding steroid dienone is 1. The fourth-order valence-corrected chi connectivity index (χ4v) is 4.32. The van der Waals surface area contributed by atoms with Crippen molar-refractivity contribution >= 4 is 40.7 Å². The molecule has 0 atom stereocenters. The average Bonchev–Trinajstić information content (AvgIpc) is 3.01. The van der Waals surface area contributed by atoms with E-state index in [1.807, 2.05) is 51.3 Å². The minimum absolute atomic E-state index is 0.0204. The molecule has 1 heterocycles. The molecule has 0 bridgehead atoms. The maximum absolute atomic E-state index is 13.1. The molecule has 0 unspecified atom stereocenters. The highest BCUT2D eigenvalue weighted by atomic mass is 35.5. The van der Waals surface area contributed by atoms with E-state index >= 15 is 0 Å². The Morgan fingerprint density at radius 1 is 1.22 bits per heavy atom. The van der Waals surface area contributed by atoms with Crippen LogP contribution in [0.25, 0.3) is 11.3 Å². The second kappa shape index (κ2) is 10.1. The van der Waals surface area contributed by atoms with Gasteiger partial charge in [-0.15, -0.1) is 0 Å². The van der Waals surface area contributed by atoms with Crippen LogP contribution in [0.5, 0.6) is 0 Å². The first kappa shape index (κ1) is 26.0. The van der Waals surface area contributed by atoms with Crippen LogP contribution in [0.15, 0.2) is 24.3 Å². The van der Waals surface area contributed by atoms with Crippen molar-refractivity contribution in [2.75, 3.05) is 12.0 Å². The first-order chi connectivity index (χ1) is 14.9. The SMILES string of the molecule is CCn1nc(C)c(Cl)c1/C(OC(=O)C(C)(C)CSC)=C(\C#N)c1ccc(C(C)(C)C)cc1. The third-order valence-electron chi connectivity index (χ3n) is 5.20. The first-order valence-corrected chi connectivity index (χ1v) is 12.3. The molecule has 0 spiro atoms. The summed E-state index contributed by atoms with van der Waals surface area (Å²) in [6.07, 6.45) is 1.94. The van der Waals surface area contributed by atoms with Crippen molar-refractivity contribution in [2.45, 2.75) is 60.4 Å². The molecule has 0 aliphatic heterocycles. The lowest BCUT2D eigenvalue weighted by Crippen LogP contribution is -2.29. The minimum Gasteiger partial charge on any atom is -0.422 e. The van der Waals surface area contributed by atoms with Crippen LogP contribution in [0.2, 0.25) is 5.02 Å². The zero-order valence-electron chi connectivity index (χ0n) is 20.2. The Morgan fingerprint density at radius 2 is 1.81 bits per heavy atom. The number of hydrogen-bond donors (Lipinski definition) is 0. The number of ether oxygens (including phenoxy) is 1. The molecule has 172 valence electrons. The zero-order chi connectivity index (χ0) is 24.3. The van der Waals surface area contributed by atoms with E-state index < -0.39 is 11.4 Å². The van der Waals surface area contributed by atoms with Crippen molar-refractivity contribution in [3.05, 3.63) is 51.8 Å². The minimum atomic E-state index is -0.736. The molecule has 0 fully saturated rings. The number of aryl methyl sites for hydroxylation is 2. The van der Waals surface area contributed by atoms with Crippen LogP contribution in [0.4, 0.5) is 0 Å². The van der Waals surface area contributed by atoms with Gasteiger partial charge in [0.25, 0.3) is 0 Å². The molecule has 0 N–H and O–H groups in total. The monoisotopic (exact) mass is 473 g/mol. The molecule has 0 saturated heterocycles. The Balaban J connectivity index is 2.75. The number of nitrogens with zero attached hydrogens (tertiary/aromatic N) is 3. The van der Waals surface area contributed by atoms with Gasteiger partial charge in [-0.05, 0) is 50.5 Å². The molecule has 0 radical (unpaired) electrons. The molecule has 5 nitrogen and oxygen atoms in total. The summed E-state index contributed by atoms with van der Waals surface area (Å²) in [7, 11) is 0. The highest BCUT2D eigenvalue weighted by Gasteiger charge is 2.33. The van der Waals surface area contributed by atoms with E-state index in [2.05, 4.69) is 31.9 Å². The van der Waals surface area contributed by atoms with E-state index in [1.165, 1.54) is 0 Å². The van der Waals surface area contributed by atoms with Gasteiger partial charge in [0.1, 0.15) is 17.3 Å². The number of thioether (sulfide) groups is 1. The predicted molar refractivity (Wildman–Crippen MR) is 133 cm³/mol. The third kappa shape index (κ3) is 5.57. The molecule has 0 amide bonds. The molecular weight excluding hydrogens is 442 g/mol. The van der Waals surface area contributed by atoms with Gasteiger partial charge in [-0.3, -0.25) is 9.48 Å². The summed E-state index contributed by atoms with van der Waals surface area (Å²) in [5.74, 6) is 0.308. The summed E-state index contributed by atoms with van der Waals surface area (Å²) in [5, 5.41) is 15.0. The molecule has 0 aliphatic carbocycles. The molecule has 32 heavy (non-hydrogen) atoms. The number of nitriles is 1. The van der Waals surface area contributed by atoms with Gasteiger partial charge in [-0.2, -0.15) is 22.1 Å². The Morgan fingerprint density at radius 3 is 2.28 bits per heavy atom. The van der Waals surface area contributed by atoms with E-state index in [9.17, 15) is 10.1 Å². The first-order valence-electron chi connectivity index (χ1n) is 10.6. The van der Waals surface area contributed by atoms with Crippen LogP contribution < -0.4 is 0 Å². The fraction of sp³-hybridized carbons (Fsp3) is 0.480. The summed E-state index contributed by atoms with van der Waals surface area (Å²) < 4.78 is 7.62. The van der Waals surface area contributed by atoms with Crippen molar-refractivity contribution < 1.29 is 9.53 Å². The summed E-state index contributed by atoms with van der Waals surface area (Å²) in [6.45, 7) is 14.3. The van der Waals surface area contributed by atoms with E-state index in [0.29, 0.717) is 34.3 Å². The van der Waals surface area contributed by atoms with Gasteiger partial charge in [-0.25, -0.2) is 0 Å². The average molecular weight is 474 g/mol. The number of carbonyl (C=O) groups excluding carboxylic acids is 1. The Hall–Kier alpha value is -2.23. The Bertz CT molecular complexity index is 1050. The Kier molecular flexibility index (Phi) is 8.25. The number of carbonyl (C=O) groups is 1. The lowest BCUT2D eigenvalue weighted by atomic mass is 9.86. The van der Waals surface area contributed by atoms with Gasteiger partial charge in [0.05, 0.1) is 16.1 Å². The number of hydrogen-bond acceptors (Lipinski definition) is 5. The molecule has 2 aromatic rings. The van der Waals surface area contributed by atoms with Gasteiger partial charge in [0.2, 0.25) is 0 Å². The van der Waals surface area contributed by atoms with Crippen LogP contribution in [0.3, 0.4) is 0 Å². The number of benzene rings is 1. The molecule has 2 rings (SSSR count). The largest absolute Gasteiger partial charge is 0.422 e. The van der Waals surface area contributed by atoms with E-state index in [1.54, 1.807) is 23.4 Å². The van der Waals surface area contributed by atoms with Crippen molar-refractivity contribution in [2.24, 2.45) is 5.41 Å². The predicted octanol–water partition coefficient (Wildman–Crippen LogP) is 6.49. The van der Waals surface area contributed by atoms with Gasteiger partial charge < -0.3 is 4.74 Å². The maximum Gasteiger partial charge on any atom is 0.317 e. The number of rotatable bonds is 7. The normalized spacial score (nSPS) is 12.9. The van der Waals surface area contributed by atoms with Crippen LogP contribution in [0, 0.1) is 23.7 Å². The second-order valence-corrected chi connectivity index (χ2v) is 10.7. The van der Waals surface area contributed by atoms with E-state index in [4.69, 9.17) is 16.3 Å². The third-order valence-corrected chi connectivity index (χ3v) is 6.66. The fourth-order valence-electron chi connectivity index (χ4n) is 3.26. The Labute approximate surface area is 200 Å². The molecule has 0 saturated carbocycles. The second-order valence-electron chi connectivity index (χ2n) is 9.41. The van der Waals surface area contributed by atoms with Gasteiger partial charge in [0.15, 0.2) is 5.76 Å². The van der Waals surface area contributed by atoms with Gasteiger partial charge >= 0.3 is 5.97 Å². The molecule has 1 aromatic carbocycles. The van der Waals surface area contributed by atoms with E-state index in [0.717, 1.165) is 5.56 Å². The quantitative estimate of drug-likeness (QED) is 0.261. The standard InChI is InChI=1S/C25H32ClN3O2S/c1-9-29-21(20(26)16(2)28-29)22(31-23(30)25(6,7)15-32-8)19(14-27)17-10-12-18(13-11-17)24(3,4)5/h10-13H,9,15H2,1-8H3/b22-19-. The van der Waals surface area contributed by atoms with Crippen molar-refractivity contribution in [3.8, 4) is 6.07 Å². The lowest BCUT2D eigenvalue weighted by Gasteiger charge is -2.23. The maximum atomic E-state index is 13.1. The number of esters is 1.